The maximum atomic E-state index is 11.5. The van der Waals surface area contributed by atoms with Gasteiger partial charge >= 0.3 is 5.69 Å². The van der Waals surface area contributed by atoms with Crippen LogP contribution in [0.25, 0.3) is 0 Å². The molecule has 3 N–H and O–H groups in total. The molecule has 1 aromatic heterocycles. The van der Waals surface area contributed by atoms with Crippen molar-refractivity contribution in [1.82, 2.24) is 9.55 Å². The average molecular weight is 229 g/mol. The summed E-state index contributed by atoms with van der Waals surface area (Å²) >= 11 is 0. The predicted molar refractivity (Wildman–Crippen MR) is 50.9 cm³/mol. The minimum atomic E-state index is -0.715. The van der Waals surface area contributed by atoms with Crippen molar-refractivity contribution < 1.29 is 19.8 Å². The summed E-state index contributed by atoms with van der Waals surface area (Å²) in [6, 6.07) is 1.41. The number of hydrogen-bond acceptors (Lipinski definition) is 7. The van der Waals surface area contributed by atoms with E-state index < -0.39 is 18.2 Å². The highest BCUT2D eigenvalue weighted by molar-refractivity contribution is 5.27. The highest BCUT2D eigenvalue weighted by Crippen LogP contribution is 2.18. The van der Waals surface area contributed by atoms with Gasteiger partial charge in [-0.25, -0.2) is 4.79 Å². The molecule has 1 aliphatic rings. The zero-order valence-electron chi connectivity index (χ0n) is 8.24. The fraction of sp³-hybridized carbons (Fsp3) is 0.500. The van der Waals surface area contributed by atoms with Crippen molar-refractivity contribution in [1.29, 1.82) is 0 Å². The van der Waals surface area contributed by atoms with Crippen molar-refractivity contribution >= 4 is 5.82 Å². The molecule has 1 aliphatic heterocycles. The molecule has 0 aromatic carbocycles. The smallest absolute Gasteiger partial charge is 0.351 e. The Labute approximate surface area is 90.0 Å². The molecule has 16 heavy (non-hydrogen) atoms. The van der Waals surface area contributed by atoms with E-state index in [2.05, 4.69) is 4.98 Å². The molecule has 1 aromatic rings. The molecule has 88 valence electrons. The van der Waals surface area contributed by atoms with Crippen LogP contribution in [-0.2, 0) is 9.47 Å². The van der Waals surface area contributed by atoms with Crippen LogP contribution in [0.2, 0.25) is 0 Å². The third-order valence-corrected chi connectivity index (χ3v) is 2.14. The first-order chi connectivity index (χ1) is 7.74. The molecule has 0 radical (unpaired) electrons. The number of ether oxygens (including phenoxy) is 2. The zero-order valence-corrected chi connectivity index (χ0v) is 8.24. The van der Waals surface area contributed by atoms with Crippen molar-refractivity contribution in [3.63, 3.8) is 0 Å². The summed E-state index contributed by atoms with van der Waals surface area (Å²) in [6.45, 7) is -0.104. The molecule has 0 amide bonds. The molecule has 2 atom stereocenters. The molecule has 0 bridgehead atoms. The average Bonchev–Trinajstić information content (AvgIpc) is 2.77. The molecule has 1 fully saturated rings. The molecule has 0 unspecified atom stereocenters. The first-order valence-corrected chi connectivity index (χ1v) is 4.62. The van der Waals surface area contributed by atoms with Crippen LogP contribution >= 0.6 is 0 Å². The van der Waals surface area contributed by atoms with Crippen LogP contribution in [0.3, 0.4) is 0 Å². The molecule has 2 heterocycles. The third-order valence-electron chi connectivity index (χ3n) is 2.14. The van der Waals surface area contributed by atoms with Crippen LogP contribution in [0.1, 0.15) is 6.23 Å². The van der Waals surface area contributed by atoms with E-state index in [9.17, 15) is 4.79 Å². The first kappa shape index (κ1) is 11.0. The van der Waals surface area contributed by atoms with Gasteiger partial charge in [0.25, 0.3) is 0 Å². The van der Waals surface area contributed by atoms with E-state index in [0.29, 0.717) is 0 Å². The molecule has 8 nitrogen and oxygen atoms in total. The molecule has 1 saturated heterocycles. The lowest BCUT2D eigenvalue weighted by Gasteiger charge is -2.12. The van der Waals surface area contributed by atoms with E-state index >= 15 is 0 Å². The Morgan fingerprint density at radius 3 is 3.06 bits per heavy atom. The quantitative estimate of drug-likeness (QED) is 0.565. The van der Waals surface area contributed by atoms with Gasteiger partial charge in [0.05, 0.1) is 13.2 Å². The number of nitrogens with one attached hydrogen (secondary N) is 1. The number of hydrogen-bond donors (Lipinski definition) is 3. The maximum Gasteiger partial charge on any atom is 0.351 e. The molecule has 2 rings (SSSR count). The summed E-state index contributed by atoms with van der Waals surface area (Å²) in [7, 11) is 0. The zero-order chi connectivity index (χ0) is 11.5. The Morgan fingerprint density at radius 1 is 1.69 bits per heavy atom. The summed E-state index contributed by atoms with van der Waals surface area (Å²) in [5, 5.41) is 17.3. The fourth-order valence-corrected chi connectivity index (χ4v) is 1.38. The third kappa shape index (κ3) is 2.04. The number of aliphatic hydroxyl groups excluding tert-OH is 1. The second-order valence-corrected chi connectivity index (χ2v) is 3.15. The van der Waals surface area contributed by atoms with Crippen molar-refractivity contribution in [2.24, 2.45) is 0 Å². The molecule has 0 saturated carbocycles. The highest BCUT2D eigenvalue weighted by atomic mass is 16.7. The molecule has 0 spiro atoms. The Balaban J connectivity index is 2.19. The van der Waals surface area contributed by atoms with Gasteiger partial charge in [0.2, 0.25) is 0 Å². The summed E-state index contributed by atoms with van der Waals surface area (Å²) < 4.78 is 11.5. The number of aromatic nitrogens is 2. The van der Waals surface area contributed by atoms with Gasteiger partial charge < -0.3 is 14.6 Å². The monoisotopic (exact) mass is 229 g/mol. The number of anilines is 1. The van der Waals surface area contributed by atoms with Crippen LogP contribution < -0.4 is 11.2 Å². The van der Waals surface area contributed by atoms with Crippen molar-refractivity contribution in [3.8, 4) is 0 Å². The van der Waals surface area contributed by atoms with Gasteiger partial charge in [-0.3, -0.25) is 15.3 Å². The van der Waals surface area contributed by atoms with Crippen LogP contribution in [0.5, 0.6) is 0 Å². The SMILES string of the molecule is O=c1nc(NO)ccn1[C@@H]1CO[C@H](CO)O1. The Kier molecular flexibility index (Phi) is 3.15. The van der Waals surface area contributed by atoms with Gasteiger partial charge in [-0.2, -0.15) is 4.98 Å². The fourth-order valence-electron chi connectivity index (χ4n) is 1.38. The van der Waals surface area contributed by atoms with Gasteiger partial charge in [0, 0.05) is 6.20 Å². The Morgan fingerprint density at radius 2 is 2.50 bits per heavy atom. The summed E-state index contributed by atoms with van der Waals surface area (Å²) in [4.78, 5) is 15.0. The lowest BCUT2D eigenvalue weighted by Crippen LogP contribution is -2.28. The minimum Gasteiger partial charge on any atom is -0.391 e. The summed E-state index contributed by atoms with van der Waals surface area (Å²) in [6.07, 6.45) is 0.0965. The normalized spacial score (nSPS) is 24.6. The number of rotatable bonds is 3. The Hall–Kier alpha value is -1.48. The number of nitrogens with zero attached hydrogens (tertiary/aromatic N) is 2. The summed E-state index contributed by atoms with van der Waals surface area (Å²) in [5.41, 5.74) is 1.19. The topological polar surface area (TPSA) is 106 Å². The van der Waals surface area contributed by atoms with Crippen molar-refractivity contribution in [3.05, 3.63) is 22.7 Å². The van der Waals surface area contributed by atoms with E-state index in [0.717, 1.165) is 0 Å². The largest absolute Gasteiger partial charge is 0.391 e. The van der Waals surface area contributed by atoms with Gasteiger partial charge in [-0.1, -0.05) is 0 Å². The Bertz CT molecular complexity index is 420. The van der Waals surface area contributed by atoms with Gasteiger partial charge in [0.15, 0.2) is 18.3 Å². The maximum absolute atomic E-state index is 11.5. The predicted octanol–water partition coefficient (Wildman–Crippen LogP) is -1.09. The van der Waals surface area contributed by atoms with E-state index in [4.69, 9.17) is 19.8 Å². The molecular formula is C8H11N3O5. The van der Waals surface area contributed by atoms with E-state index in [1.165, 1.54) is 16.8 Å². The van der Waals surface area contributed by atoms with E-state index in [-0.39, 0.29) is 19.0 Å². The molecule has 8 heteroatoms. The highest BCUT2D eigenvalue weighted by Gasteiger charge is 2.27. The van der Waals surface area contributed by atoms with E-state index in [1.54, 1.807) is 5.48 Å². The van der Waals surface area contributed by atoms with Crippen LogP contribution in [-0.4, -0.2) is 39.4 Å². The molecular weight excluding hydrogens is 218 g/mol. The standard InChI is InChI=1S/C8H11N3O5/c12-3-7-15-4-6(16-7)11-2-1-5(10-14)9-8(11)13/h1-2,6-7,12,14H,3-4H2,(H,9,10,13)/t6-,7-/m0/s1. The van der Waals surface area contributed by atoms with Crippen molar-refractivity contribution in [2.75, 3.05) is 18.7 Å². The van der Waals surface area contributed by atoms with Gasteiger partial charge in [-0.15, -0.1) is 0 Å². The summed E-state index contributed by atoms with van der Waals surface area (Å²) in [5.74, 6) is 0.0545. The van der Waals surface area contributed by atoms with Crippen LogP contribution in [0.15, 0.2) is 17.1 Å². The second-order valence-electron chi connectivity index (χ2n) is 3.15. The van der Waals surface area contributed by atoms with E-state index in [1.807, 2.05) is 0 Å². The second kappa shape index (κ2) is 4.58. The number of aliphatic hydroxyl groups is 1. The molecule has 0 aliphatic carbocycles. The lowest BCUT2D eigenvalue weighted by molar-refractivity contribution is -0.0992. The van der Waals surface area contributed by atoms with Crippen LogP contribution in [0, 0.1) is 0 Å². The van der Waals surface area contributed by atoms with Crippen molar-refractivity contribution in [2.45, 2.75) is 12.5 Å². The lowest BCUT2D eigenvalue weighted by atomic mass is 10.5. The van der Waals surface area contributed by atoms with Gasteiger partial charge in [0.1, 0.15) is 0 Å². The van der Waals surface area contributed by atoms with Crippen LogP contribution in [0.4, 0.5) is 5.82 Å². The first-order valence-electron chi connectivity index (χ1n) is 4.62. The minimum absolute atomic E-state index is 0.0545. The van der Waals surface area contributed by atoms with Gasteiger partial charge in [-0.05, 0) is 6.07 Å².